The summed E-state index contributed by atoms with van der Waals surface area (Å²) >= 11 is 0. The van der Waals surface area contributed by atoms with Crippen LogP contribution in [-0.4, -0.2) is 53.4 Å². The number of hydrogen-bond donors (Lipinski definition) is 3. The van der Waals surface area contributed by atoms with E-state index in [1.165, 1.54) is 5.57 Å². The number of urea groups is 1. The van der Waals surface area contributed by atoms with Crippen LogP contribution in [0.1, 0.15) is 30.6 Å². The molecule has 7 heteroatoms. The van der Waals surface area contributed by atoms with E-state index in [0.717, 1.165) is 36.5 Å². The summed E-state index contributed by atoms with van der Waals surface area (Å²) in [5.74, 6) is 0.958. The molecule has 0 bridgehead atoms. The Morgan fingerprint density at radius 1 is 1.24 bits per heavy atom. The third-order valence-corrected chi connectivity index (χ3v) is 6.32. The van der Waals surface area contributed by atoms with E-state index < -0.39 is 6.10 Å². The average molecular weight is 449 g/mol. The smallest absolute Gasteiger partial charge is 0.315 e. The minimum Gasteiger partial charge on any atom is -0.497 e. The summed E-state index contributed by atoms with van der Waals surface area (Å²) in [4.78, 5) is 19.2. The topological polar surface area (TPSA) is 86.7 Å². The van der Waals surface area contributed by atoms with Gasteiger partial charge in [-0.2, -0.15) is 0 Å². The lowest BCUT2D eigenvalue weighted by molar-refractivity contribution is 0.118. The highest BCUT2D eigenvalue weighted by Gasteiger charge is 2.35. The molecule has 7 nitrogen and oxygen atoms in total. The molecule has 1 aliphatic heterocycles. The molecule has 1 aromatic carbocycles. The average Bonchev–Trinajstić information content (AvgIpc) is 3.20. The van der Waals surface area contributed by atoms with Gasteiger partial charge in [-0.1, -0.05) is 43.4 Å². The highest BCUT2D eigenvalue weighted by atomic mass is 16.5. The van der Waals surface area contributed by atoms with Crippen LogP contribution in [0.3, 0.4) is 0 Å². The van der Waals surface area contributed by atoms with Gasteiger partial charge in [-0.3, -0.25) is 9.88 Å². The van der Waals surface area contributed by atoms with E-state index in [-0.39, 0.29) is 24.0 Å². The molecule has 4 rings (SSSR count). The maximum atomic E-state index is 12.4. The molecule has 33 heavy (non-hydrogen) atoms. The van der Waals surface area contributed by atoms with Crippen LogP contribution in [-0.2, 0) is 6.54 Å². The van der Waals surface area contributed by atoms with Crippen molar-refractivity contribution in [3.8, 4) is 5.75 Å². The van der Waals surface area contributed by atoms with Gasteiger partial charge in [-0.05, 0) is 47.7 Å². The van der Waals surface area contributed by atoms with Crippen molar-refractivity contribution in [3.05, 3.63) is 83.7 Å². The molecule has 0 radical (unpaired) electrons. The molecule has 1 saturated heterocycles. The Labute approximate surface area is 195 Å². The number of nitrogens with zero attached hydrogens (tertiary/aromatic N) is 2. The van der Waals surface area contributed by atoms with Gasteiger partial charge in [0, 0.05) is 25.8 Å². The van der Waals surface area contributed by atoms with Crippen molar-refractivity contribution in [1.82, 2.24) is 20.5 Å². The Balaban J connectivity index is 1.29. The highest BCUT2D eigenvalue weighted by molar-refractivity contribution is 5.74. The zero-order valence-corrected chi connectivity index (χ0v) is 19.1. The normalized spacial score (nSPS) is 24.9. The molecule has 1 fully saturated rings. The van der Waals surface area contributed by atoms with Crippen molar-refractivity contribution in [2.75, 3.05) is 20.2 Å². The minimum absolute atomic E-state index is 0.0691. The molecule has 1 aromatic heterocycles. The van der Waals surface area contributed by atoms with Gasteiger partial charge in [0.2, 0.25) is 0 Å². The van der Waals surface area contributed by atoms with Gasteiger partial charge in [0.1, 0.15) is 5.75 Å². The number of aromatic nitrogens is 1. The van der Waals surface area contributed by atoms with E-state index >= 15 is 0 Å². The predicted molar refractivity (Wildman–Crippen MR) is 128 cm³/mol. The number of hydrogen-bond acceptors (Lipinski definition) is 5. The molecule has 4 unspecified atom stereocenters. The molecular formula is C26H32N4O3. The summed E-state index contributed by atoms with van der Waals surface area (Å²) in [5, 5.41) is 16.5. The summed E-state index contributed by atoms with van der Waals surface area (Å²) < 4.78 is 5.16. The van der Waals surface area contributed by atoms with E-state index in [1.807, 2.05) is 42.5 Å². The number of amides is 2. The van der Waals surface area contributed by atoms with Gasteiger partial charge in [0.05, 0.1) is 31.0 Å². The number of rotatable bonds is 7. The molecule has 3 N–H and O–H groups in total. The Morgan fingerprint density at radius 2 is 2.06 bits per heavy atom. The van der Waals surface area contributed by atoms with Crippen LogP contribution in [0.2, 0.25) is 0 Å². The first-order valence-corrected chi connectivity index (χ1v) is 11.4. The van der Waals surface area contributed by atoms with Crippen molar-refractivity contribution in [3.63, 3.8) is 0 Å². The third-order valence-electron chi connectivity index (χ3n) is 6.32. The van der Waals surface area contributed by atoms with Crippen molar-refractivity contribution in [2.24, 2.45) is 5.92 Å². The number of pyridine rings is 1. The zero-order valence-electron chi connectivity index (χ0n) is 19.1. The maximum Gasteiger partial charge on any atom is 0.315 e. The van der Waals surface area contributed by atoms with Gasteiger partial charge >= 0.3 is 6.03 Å². The number of aliphatic hydroxyl groups is 1. The number of carbonyl (C=O) groups is 1. The monoisotopic (exact) mass is 448 g/mol. The first-order valence-electron chi connectivity index (χ1n) is 11.4. The van der Waals surface area contributed by atoms with Crippen molar-refractivity contribution in [2.45, 2.75) is 38.1 Å². The lowest BCUT2D eigenvalue weighted by Crippen LogP contribution is -2.44. The first-order chi connectivity index (χ1) is 16.0. The lowest BCUT2D eigenvalue weighted by atomic mass is 9.92. The summed E-state index contributed by atoms with van der Waals surface area (Å²) in [6, 6.07) is 13.1. The van der Waals surface area contributed by atoms with Gasteiger partial charge in [0.25, 0.3) is 0 Å². The second kappa shape index (κ2) is 10.6. The fourth-order valence-electron chi connectivity index (χ4n) is 4.50. The van der Waals surface area contributed by atoms with E-state index in [9.17, 15) is 9.90 Å². The number of ether oxygens (including phenoxy) is 1. The van der Waals surface area contributed by atoms with Crippen molar-refractivity contribution < 1.29 is 14.6 Å². The third kappa shape index (κ3) is 5.80. The van der Waals surface area contributed by atoms with E-state index in [1.54, 1.807) is 13.3 Å². The molecule has 0 saturated carbocycles. The van der Waals surface area contributed by atoms with Crippen LogP contribution < -0.4 is 15.4 Å². The zero-order chi connectivity index (χ0) is 23.2. The molecule has 174 valence electrons. The quantitative estimate of drug-likeness (QED) is 0.606. The number of benzene rings is 1. The summed E-state index contributed by atoms with van der Waals surface area (Å²) in [7, 11) is 1.63. The number of likely N-dealkylation sites (tertiary alicyclic amines) is 1. The Hall–Kier alpha value is -3.16. The fraction of sp³-hybridized carbons (Fsp3) is 0.385. The van der Waals surface area contributed by atoms with Crippen molar-refractivity contribution in [1.29, 1.82) is 0 Å². The van der Waals surface area contributed by atoms with E-state index in [2.05, 4.69) is 45.7 Å². The largest absolute Gasteiger partial charge is 0.497 e. The van der Waals surface area contributed by atoms with Crippen molar-refractivity contribution >= 4 is 6.03 Å². The second-order valence-electron chi connectivity index (χ2n) is 8.69. The number of nitrogens with one attached hydrogen (secondary N) is 2. The molecule has 2 aliphatic rings. The highest BCUT2D eigenvalue weighted by Crippen LogP contribution is 2.32. The van der Waals surface area contributed by atoms with Crippen LogP contribution >= 0.6 is 0 Å². The minimum atomic E-state index is -0.408. The molecule has 2 aromatic rings. The molecule has 2 amide bonds. The second-order valence-corrected chi connectivity index (χ2v) is 8.69. The Kier molecular flexibility index (Phi) is 7.42. The summed E-state index contributed by atoms with van der Waals surface area (Å²) in [6.45, 7) is 4.13. The SMILES string of the molecule is COc1ccc(CNC(=O)NC2C=CC(CN3CCC(O)C3c3ccccn3)=CC2C)cc1. The maximum absolute atomic E-state index is 12.4. The van der Waals surface area contributed by atoms with Crippen LogP contribution in [0.4, 0.5) is 4.79 Å². The Bertz CT molecular complexity index is 990. The summed E-state index contributed by atoms with van der Waals surface area (Å²) in [5.41, 5.74) is 3.11. The number of aliphatic hydroxyl groups excluding tert-OH is 1. The van der Waals surface area contributed by atoms with Crippen LogP contribution in [0.25, 0.3) is 0 Å². The van der Waals surface area contributed by atoms with E-state index in [0.29, 0.717) is 6.54 Å². The molecule has 0 spiro atoms. The number of methoxy groups -OCH3 is 1. The molecule has 1 aliphatic carbocycles. The molecule has 4 atom stereocenters. The van der Waals surface area contributed by atoms with Gasteiger partial charge in [0.15, 0.2) is 0 Å². The number of carbonyl (C=O) groups excluding carboxylic acids is 1. The van der Waals surface area contributed by atoms with Gasteiger partial charge in [-0.25, -0.2) is 4.79 Å². The predicted octanol–water partition coefficient (Wildman–Crippen LogP) is 3.20. The van der Waals surface area contributed by atoms with E-state index in [4.69, 9.17) is 4.74 Å². The van der Waals surface area contributed by atoms with Gasteiger partial charge < -0.3 is 20.5 Å². The standard InChI is InChI=1S/C26H32N4O3/c1-18-15-20(17-30-14-12-24(31)25(30)23-5-3-4-13-27-23)8-11-22(18)29-26(32)28-16-19-6-9-21(33-2)10-7-19/h3-11,13,15,18,22,24-25,31H,12,14,16-17H2,1-2H3,(H2,28,29,32). The fourth-order valence-corrected chi connectivity index (χ4v) is 4.50. The summed E-state index contributed by atoms with van der Waals surface area (Å²) in [6.07, 6.45) is 8.44. The Morgan fingerprint density at radius 3 is 2.76 bits per heavy atom. The first kappa shape index (κ1) is 23.0. The lowest BCUT2D eigenvalue weighted by Gasteiger charge is -2.29. The van der Waals surface area contributed by atoms with Gasteiger partial charge in [-0.15, -0.1) is 0 Å². The molecular weight excluding hydrogens is 416 g/mol. The van der Waals surface area contributed by atoms with Crippen LogP contribution in [0.5, 0.6) is 5.75 Å². The molecule has 2 heterocycles. The van der Waals surface area contributed by atoms with Crippen LogP contribution in [0, 0.1) is 5.92 Å². The van der Waals surface area contributed by atoms with Crippen LogP contribution in [0.15, 0.2) is 72.5 Å².